The molecule has 10 nitrogen and oxygen atoms in total. The Kier molecular flexibility index (Phi) is 10.8. The summed E-state index contributed by atoms with van der Waals surface area (Å²) in [7, 11) is -1.69. The number of methoxy groups -OCH3 is 1. The van der Waals surface area contributed by atoms with Crippen LogP contribution in [-0.2, 0) is 30.9 Å². The molecule has 2 aromatic carbocycles. The van der Waals surface area contributed by atoms with Gasteiger partial charge in [-0.25, -0.2) is 8.42 Å². The number of ether oxygens (including phenoxy) is 2. The van der Waals surface area contributed by atoms with Crippen LogP contribution >= 0.6 is 0 Å². The Morgan fingerprint density at radius 3 is 2.16 bits per heavy atom. The minimum Gasteiger partial charge on any atom is -0.457 e. The first kappa shape index (κ1) is 32.2. The molecule has 2 amide bonds. The summed E-state index contributed by atoms with van der Waals surface area (Å²) in [5, 5.41) is 3.13. The molecule has 2 N–H and O–H groups in total. The quantitative estimate of drug-likeness (QED) is 0.359. The third-order valence-corrected chi connectivity index (χ3v) is 9.74. The maximum atomic E-state index is 13.6. The Bertz CT molecular complexity index is 1350. The normalized spacial score (nSPS) is 22.5. The molecule has 0 bridgehead atoms. The van der Waals surface area contributed by atoms with Crippen LogP contribution in [-0.4, -0.2) is 81.7 Å². The van der Waals surface area contributed by atoms with Gasteiger partial charge in [0.15, 0.2) is 0 Å². The number of carbonyl (C=O) groups excluding carboxylic acids is 2. The number of piperidine rings is 1. The lowest BCUT2D eigenvalue weighted by Crippen LogP contribution is -2.66. The topological polar surface area (TPSA) is 117 Å². The molecule has 11 heteroatoms. The van der Waals surface area contributed by atoms with Gasteiger partial charge in [0.05, 0.1) is 12.9 Å². The summed E-state index contributed by atoms with van der Waals surface area (Å²) in [6, 6.07) is 13.9. The van der Waals surface area contributed by atoms with Crippen LogP contribution in [0.5, 0.6) is 11.5 Å². The van der Waals surface area contributed by atoms with Gasteiger partial charge in [-0.1, -0.05) is 44.2 Å². The summed E-state index contributed by atoms with van der Waals surface area (Å²) in [4.78, 5) is 31.3. The zero-order valence-electron chi connectivity index (χ0n) is 25.9. The van der Waals surface area contributed by atoms with Crippen molar-refractivity contribution in [1.82, 2.24) is 15.1 Å². The summed E-state index contributed by atoms with van der Waals surface area (Å²) < 4.78 is 36.5. The van der Waals surface area contributed by atoms with Gasteiger partial charge in [0.1, 0.15) is 23.6 Å². The van der Waals surface area contributed by atoms with E-state index in [9.17, 15) is 18.0 Å². The van der Waals surface area contributed by atoms with Crippen LogP contribution in [0, 0.1) is 11.8 Å². The van der Waals surface area contributed by atoms with E-state index >= 15 is 0 Å². The number of amides is 2. The Labute approximate surface area is 261 Å². The first-order valence-electron chi connectivity index (χ1n) is 15.9. The smallest absolute Gasteiger partial charge is 0.245 e. The Morgan fingerprint density at radius 1 is 0.909 bits per heavy atom. The highest BCUT2D eigenvalue weighted by molar-refractivity contribution is 7.92. The van der Waals surface area contributed by atoms with Crippen LogP contribution in [0.1, 0.15) is 56.9 Å². The van der Waals surface area contributed by atoms with E-state index in [1.807, 2.05) is 29.2 Å². The molecule has 1 saturated carbocycles. The number of piperazine rings is 1. The van der Waals surface area contributed by atoms with Crippen molar-refractivity contribution in [2.75, 3.05) is 44.3 Å². The lowest BCUT2D eigenvalue weighted by atomic mass is 9.82. The number of likely N-dealkylation sites (tertiary alicyclic amines) is 1. The molecule has 44 heavy (non-hydrogen) atoms. The summed E-state index contributed by atoms with van der Waals surface area (Å²) >= 11 is 0. The molecule has 2 unspecified atom stereocenters. The molecule has 5 rings (SSSR count). The minimum atomic E-state index is -3.33. The maximum Gasteiger partial charge on any atom is 0.245 e. The van der Waals surface area contributed by atoms with Crippen molar-refractivity contribution >= 4 is 27.5 Å². The van der Waals surface area contributed by atoms with Crippen molar-refractivity contribution in [2.45, 2.75) is 70.0 Å². The number of hydrogen-bond acceptors (Lipinski definition) is 7. The second-order valence-electron chi connectivity index (χ2n) is 12.5. The number of rotatable bonds is 12. The molecule has 0 radical (unpaired) electrons. The molecule has 3 fully saturated rings. The van der Waals surface area contributed by atoms with E-state index in [-0.39, 0.29) is 17.7 Å². The van der Waals surface area contributed by atoms with Crippen molar-refractivity contribution in [3.8, 4) is 11.5 Å². The van der Waals surface area contributed by atoms with Crippen molar-refractivity contribution in [3.05, 3.63) is 54.1 Å². The van der Waals surface area contributed by atoms with E-state index in [4.69, 9.17) is 9.47 Å². The zero-order chi connectivity index (χ0) is 31.1. The molecule has 240 valence electrons. The summed E-state index contributed by atoms with van der Waals surface area (Å²) in [5.41, 5.74) is 1.65. The molecule has 2 saturated heterocycles. The van der Waals surface area contributed by atoms with Crippen molar-refractivity contribution in [3.63, 3.8) is 0 Å². The SMILES string of the molecule is COCCN1C(=O)C(CC2CCCCC2)NC(=O)C1C1CCN(Cc2ccc(Oc3ccc(NS(C)(=O)=O)cc3)cc2)CC1. The highest BCUT2D eigenvalue weighted by Crippen LogP contribution is 2.32. The molecule has 0 aromatic heterocycles. The number of anilines is 1. The highest BCUT2D eigenvalue weighted by Gasteiger charge is 2.45. The van der Waals surface area contributed by atoms with Gasteiger partial charge in [-0.3, -0.25) is 19.2 Å². The first-order valence-corrected chi connectivity index (χ1v) is 17.7. The molecule has 2 heterocycles. The molecule has 1 aliphatic carbocycles. The number of benzene rings is 2. The van der Waals surface area contributed by atoms with Crippen LogP contribution in [0.15, 0.2) is 48.5 Å². The molecule has 2 atom stereocenters. The van der Waals surface area contributed by atoms with E-state index < -0.39 is 22.1 Å². The molecular formula is C33H46N4O6S. The van der Waals surface area contributed by atoms with Crippen molar-refractivity contribution in [2.24, 2.45) is 11.8 Å². The lowest BCUT2D eigenvalue weighted by Gasteiger charge is -2.45. The fourth-order valence-electron chi connectivity index (χ4n) is 6.91. The number of nitrogens with zero attached hydrogens (tertiary/aromatic N) is 2. The summed E-state index contributed by atoms with van der Waals surface area (Å²) in [6.07, 6.45) is 9.57. The van der Waals surface area contributed by atoms with E-state index in [1.54, 1.807) is 31.4 Å². The second kappa shape index (κ2) is 14.8. The van der Waals surface area contributed by atoms with E-state index in [0.717, 1.165) is 58.0 Å². The standard InChI is InChI=1S/C33H46N4O6S/c1-42-21-20-37-31(32(38)34-30(33(37)39)22-24-6-4-3-5-7-24)26-16-18-36(19-17-26)23-25-8-12-28(13-9-25)43-29-14-10-27(11-15-29)35-44(2,40)41/h8-15,24,26,30-31,35H,3-7,16-23H2,1-2H3,(H,34,38). The van der Waals surface area contributed by atoms with Crippen LogP contribution in [0.2, 0.25) is 0 Å². The Balaban J connectivity index is 1.13. The second-order valence-corrected chi connectivity index (χ2v) is 14.3. The zero-order valence-corrected chi connectivity index (χ0v) is 26.7. The van der Waals surface area contributed by atoms with Gasteiger partial charge in [0.2, 0.25) is 21.8 Å². The minimum absolute atomic E-state index is 0.00292. The first-order chi connectivity index (χ1) is 21.2. The Hall–Kier alpha value is -3.15. The maximum absolute atomic E-state index is 13.6. The predicted molar refractivity (Wildman–Crippen MR) is 170 cm³/mol. The number of sulfonamides is 1. The number of nitrogens with one attached hydrogen (secondary N) is 2. The molecular weight excluding hydrogens is 580 g/mol. The van der Waals surface area contributed by atoms with Crippen LogP contribution in [0.25, 0.3) is 0 Å². The van der Waals surface area contributed by atoms with Crippen molar-refractivity contribution < 1.29 is 27.5 Å². The average molecular weight is 627 g/mol. The van der Waals surface area contributed by atoms with E-state index in [2.05, 4.69) is 14.9 Å². The monoisotopic (exact) mass is 626 g/mol. The summed E-state index contributed by atoms with van der Waals surface area (Å²) in [5.74, 6) is 2.00. The van der Waals surface area contributed by atoms with Gasteiger partial charge in [-0.15, -0.1) is 0 Å². The van der Waals surface area contributed by atoms with Gasteiger partial charge in [-0.05, 0) is 86.1 Å². The summed E-state index contributed by atoms with van der Waals surface area (Å²) in [6.45, 7) is 3.39. The van der Waals surface area contributed by atoms with E-state index in [1.165, 1.54) is 24.8 Å². The molecule has 2 aliphatic heterocycles. The third kappa shape index (κ3) is 8.73. The van der Waals surface area contributed by atoms with E-state index in [0.29, 0.717) is 36.3 Å². The third-order valence-electron chi connectivity index (χ3n) is 9.13. The largest absolute Gasteiger partial charge is 0.457 e. The van der Waals surface area contributed by atoms with Gasteiger partial charge in [-0.2, -0.15) is 0 Å². The average Bonchev–Trinajstić information content (AvgIpc) is 3.00. The molecule has 2 aromatic rings. The fourth-order valence-corrected chi connectivity index (χ4v) is 7.47. The van der Waals surface area contributed by atoms with Crippen LogP contribution < -0.4 is 14.8 Å². The number of hydrogen-bond donors (Lipinski definition) is 2. The van der Waals surface area contributed by atoms with Crippen molar-refractivity contribution in [1.29, 1.82) is 0 Å². The Morgan fingerprint density at radius 2 is 1.55 bits per heavy atom. The highest BCUT2D eigenvalue weighted by atomic mass is 32.2. The molecule has 0 spiro atoms. The lowest BCUT2D eigenvalue weighted by molar-refractivity contribution is -0.153. The van der Waals surface area contributed by atoms with Crippen LogP contribution in [0.4, 0.5) is 5.69 Å². The van der Waals surface area contributed by atoms with Gasteiger partial charge < -0.3 is 19.7 Å². The predicted octanol–water partition coefficient (Wildman–Crippen LogP) is 4.37. The van der Waals surface area contributed by atoms with Gasteiger partial charge >= 0.3 is 0 Å². The van der Waals surface area contributed by atoms with Gasteiger partial charge in [0, 0.05) is 25.9 Å². The van der Waals surface area contributed by atoms with Crippen LogP contribution in [0.3, 0.4) is 0 Å². The fraction of sp³-hybridized carbons (Fsp3) is 0.576. The van der Waals surface area contributed by atoms with Gasteiger partial charge in [0.25, 0.3) is 0 Å². The number of carbonyl (C=O) groups is 2. The molecule has 3 aliphatic rings.